The third kappa shape index (κ3) is 4.37. The van der Waals surface area contributed by atoms with Gasteiger partial charge >= 0.3 is 6.09 Å². The number of carbonyl (C=O) groups excluding carboxylic acids is 1. The Morgan fingerprint density at radius 2 is 1.61 bits per heavy atom. The smallest absolute Gasteiger partial charge is 0.407 e. The number of aliphatic hydroxyl groups is 2. The molecule has 0 saturated heterocycles. The molecule has 2 atom stereocenters. The summed E-state index contributed by atoms with van der Waals surface area (Å²) in [6.07, 6.45) is -3.49. The number of nitrogens with one attached hydrogen (secondary N) is 1. The predicted molar refractivity (Wildman–Crippen MR) is 117 cm³/mol. The standard InChI is InChI=1S/C24H22ClNO5/c25-14-9-10-21(27)19(11-14)23(29)22(28)12-26-24(30)31-13-20-17-7-3-1-5-15(17)16-6-2-4-8-18(16)20/h1-11,20,22-23,27-29H,12-13H2,(H,26,30). The van der Waals surface area contributed by atoms with Crippen molar-refractivity contribution in [2.45, 2.75) is 18.1 Å². The van der Waals surface area contributed by atoms with Crippen LogP contribution in [0.4, 0.5) is 4.79 Å². The van der Waals surface area contributed by atoms with Crippen LogP contribution in [0.5, 0.6) is 5.75 Å². The van der Waals surface area contributed by atoms with E-state index in [1.165, 1.54) is 18.2 Å². The Kier molecular flexibility index (Phi) is 6.13. The molecule has 0 heterocycles. The van der Waals surface area contributed by atoms with Crippen LogP contribution in [0.25, 0.3) is 11.1 Å². The number of benzene rings is 3. The summed E-state index contributed by atoms with van der Waals surface area (Å²) in [4.78, 5) is 12.2. The second-order valence-electron chi connectivity index (χ2n) is 7.42. The summed E-state index contributed by atoms with van der Waals surface area (Å²) in [5.41, 5.74) is 4.54. The molecule has 6 nitrogen and oxygen atoms in total. The van der Waals surface area contributed by atoms with Crippen molar-refractivity contribution in [2.24, 2.45) is 0 Å². The van der Waals surface area contributed by atoms with Crippen molar-refractivity contribution in [2.75, 3.05) is 13.2 Å². The Balaban J connectivity index is 1.35. The average Bonchev–Trinajstić information content (AvgIpc) is 3.11. The van der Waals surface area contributed by atoms with Crippen LogP contribution in [0.2, 0.25) is 5.02 Å². The summed E-state index contributed by atoms with van der Waals surface area (Å²) < 4.78 is 5.41. The number of phenols is 1. The zero-order valence-electron chi connectivity index (χ0n) is 16.5. The largest absolute Gasteiger partial charge is 0.508 e. The van der Waals surface area contributed by atoms with E-state index in [2.05, 4.69) is 17.4 Å². The van der Waals surface area contributed by atoms with Crippen molar-refractivity contribution < 1.29 is 24.9 Å². The number of fused-ring (bicyclic) bond motifs is 3. The number of aliphatic hydroxyl groups excluding tert-OH is 2. The number of alkyl carbamates (subject to hydrolysis) is 1. The quantitative estimate of drug-likeness (QED) is 0.465. The van der Waals surface area contributed by atoms with Gasteiger partial charge in [-0.2, -0.15) is 0 Å². The molecule has 7 heteroatoms. The number of aromatic hydroxyl groups is 1. The van der Waals surface area contributed by atoms with E-state index in [9.17, 15) is 20.1 Å². The van der Waals surface area contributed by atoms with Gasteiger partial charge in [0.2, 0.25) is 0 Å². The molecule has 0 aliphatic heterocycles. The van der Waals surface area contributed by atoms with Crippen molar-refractivity contribution in [1.82, 2.24) is 5.32 Å². The Labute approximate surface area is 184 Å². The normalized spacial score (nSPS) is 14.4. The zero-order valence-corrected chi connectivity index (χ0v) is 17.3. The maximum absolute atomic E-state index is 12.2. The van der Waals surface area contributed by atoms with Gasteiger partial charge in [0.05, 0.1) is 0 Å². The Bertz CT molecular complexity index is 1060. The first-order valence-electron chi connectivity index (χ1n) is 9.89. The fourth-order valence-corrected chi connectivity index (χ4v) is 4.10. The van der Waals surface area contributed by atoms with Gasteiger partial charge in [0.1, 0.15) is 24.6 Å². The number of amides is 1. The van der Waals surface area contributed by atoms with E-state index in [-0.39, 0.29) is 30.4 Å². The molecule has 0 fully saturated rings. The van der Waals surface area contributed by atoms with Crippen LogP contribution in [0.3, 0.4) is 0 Å². The van der Waals surface area contributed by atoms with Gasteiger partial charge in [-0.1, -0.05) is 60.1 Å². The van der Waals surface area contributed by atoms with Crippen LogP contribution in [-0.4, -0.2) is 40.7 Å². The second-order valence-corrected chi connectivity index (χ2v) is 7.86. The summed E-state index contributed by atoms with van der Waals surface area (Å²) in [5.74, 6) is -0.269. The average molecular weight is 440 g/mol. The Morgan fingerprint density at radius 1 is 1.00 bits per heavy atom. The van der Waals surface area contributed by atoms with Crippen LogP contribution >= 0.6 is 11.6 Å². The number of ether oxygens (including phenoxy) is 1. The summed E-state index contributed by atoms with van der Waals surface area (Å²) in [6, 6.07) is 20.2. The minimum atomic E-state index is -1.42. The number of hydrogen-bond donors (Lipinski definition) is 4. The van der Waals surface area contributed by atoms with E-state index in [4.69, 9.17) is 16.3 Å². The van der Waals surface area contributed by atoms with E-state index in [0.29, 0.717) is 5.02 Å². The minimum absolute atomic E-state index is 0.0722. The van der Waals surface area contributed by atoms with E-state index < -0.39 is 18.3 Å². The third-order valence-electron chi connectivity index (χ3n) is 5.47. The fourth-order valence-electron chi connectivity index (χ4n) is 3.92. The van der Waals surface area contributed by atoms with Crippen LogP contribution in [-0.2, 0) is 4.74 Å². The van der Waals surface area contributed by atoms with E-state index in [1.54, 1.807) is 0 Å². The molecule has 1 amide bonds. The monoisotopic (exact) mass is 439 g/mol. The topological polar surface area (TPSA) is 99.0 Å². The molecule has 0 aromatic heterocycles. The highest BCUT2D eigenvalue weighted by molar-refractivity contribution is 6.30. The Hall–Kier alpha value is -3.06. The van der Waals surface area contributed by atoms with Gasteiger partial charge in [-0.3, -0.25) is 0 Å². The SMILES string of the molecule is O=C(NCC(O)C(O)c1cc(Cl)ccc1O)OCC1c2ccccc2-c2ccccc21. The summed E-state index contributed by atoms with van der Waals surface area (Å²) in [6.45, 7) is -0.114. The van der Waals surface area contributed by atoms with Crippen LogP contribution in [0.1, 0.15) is 28.7 Å². The summed E-state index contributed by atoms with van der Waals surface area (Å²) in [5, 5.41) is 33.1. The first-order chi connectivity index (χ1) is 15.0. The molecule has 1 aliphatic rings. The highest BCUT2D eigenvalue weighted by atomic mass is 35.5. The molecular weight excluding hydrogens is 418 g/mol. The third-order valence-corrected chi connectivity index (χ3v) is 5.71. The molecule has 0 saturated carbocycles. The van der Waals surface area contributed by atoms with Gasteiger partial charge in [-0.25, -0.2) is 4.79 Å². The van der Waals surface area contributed by atoms with Gasteiger partial charge in [0.15, 0.2) is 0 Å². The molecule has 2 unspecified atom stereocenters. The molecule has 160 valence electrons. The lowest BCUT2D eigenvalue weighted by molar-refractivity contribution is 0.0173. The highest BCUT2D eigenvalue weighted by Crippen LogP contribution is 2.44. The van der Waals surface area contributed by atoms with Crippen LogP contribution in [0, 0.1) is 0 Å². The van der Waals surface area contributed by atoms with Crippen molar-refractivity contribution in [3.05, 3.63) is 88.4 Å². The van der Waals surface area contributed by atoms with Crippen LogP contribution in [0.15, 0.2) is 66.7 Å². The Morgan fingerprint density at radius 3 is 2.26 bits per heavy atom. The van der Waals surface area contributed by atoms with Gasteiger partial charge in [0, 0.05) is 23.0 Å². The molecule has 1 aliphatic carbocycles. The molecule has 4 N–H and O–H groups in total. The first-order valence-corrected chi connectivity index (χ1v) is 10.3. The molecule has 31 heavy (non-hydrogen) atoms. The van der Waals surface area contributed by atoms with Crippen molar-refractivity contribution in [3.8, 4) is 16.9 Å². The zero-order chi connectivity index (χ0) is 22.0. The molecule has 0 radical (unpaired) electrons. The molecular formula is C24H22ClNO5. The lowest BCUT2D eigenvalue weighted by Gasteiger charge is -2.20. The molecule has 0 bridgehead atoms. The minimum Gasteiger partial charge on any atom is -0.508 e. The summed E-state index contributed by atoms with van der Waals surface area (Å²) in [7, 11) is 0. The fraction of sp³-hybridized carbons (Fsp3) is 0.208. The molecule has 3 aromatic carbocycles. The van der Waals surface area contributed by atoms with Crippen molar-refractivity contribution in [3.63, 3.8) is 0 Å². The highest BCUT2D eigenvalue weighted by Gasteiger charge is 2.29. The lowest BCUT2D eigenvalue weighted by atomic mass is 9.98. The van der Waals surface area contributed by atoms with E-state index in [0.717, 1.165) is 22.3 Å². The van der Waals surface area contributed by atoms with Gasteiger partial charge < -0.3 is 25.4 Å². The number of phenolic OH excluding ortho intramolecular Hbond substituents is 1. The molecule has 3 aromatic rings. The number of carbonyl (C=O) groups is 1. The summed E-state index contributed by atoms with van der Waals surface area (Å²) >= 11 is 5.87. The first kappa shape index (κ1) is 21.2. The maximum Gasteiger partial charge on any atom is 0.407 e. The lowest BCUT2D eigenvalue weighted by Crippen LogP contribution is -2.36. The number of halogens is 1. The number of rotatable bonds is 6. The van der Waals surface area contributed by atoms with Crippen molar-refractivity contribution >= 4 is 17.7 Å². The second kappa shape index (κ2) is 8.98. The van der Waals surface area contributed by atoms with E-state index >= 15 is 0 Å². The van der Waals surface area contributed by atoms with Gasteiger partial charge in [-0.05, 0) is 40.5 Å². The maximum atomic E-state index is 12.2. The van der Waals surface area contributed by atoms with Gasteiger partial charge in [0.25, 0.3) is 0 Å². The molecule has 0 spiro atoms. The van der Waals surface area contributed by atoms with Gasteiger partial charge in [-0.15, -0.1) is 0 Å². The number of hydrogen-bond acceptors (Lipinski definition) is 5. The van der Waals surface area contributed by atoms with E-state index in [1.807, 2.05) is 36.4 Å². The molecule has 4 rings (SSSR count). The van der Waals surface area contributed by atoms with Crippen LogP contribution < -0.4 is 5.32 Å². The predicted octanol–water partition coefficient (Wildman–Crippen LogP) is 3.98. The van der Waals surface area contributed by atoms with Crippen molar-refractivity contribution in [1.29, 1.82) is 0 Å².